The van der Waals surface area contributed by atoms with Gasteiger partial charge < -0.3 is 20.3 Å². The molecule has 1 aromatic carbocycles. The van der Waals surface area contributed by atoms with Gasteiger partial charge in [-0.05, 0) is 24.4 Å². The van der Waals surface area contributed by atoms with Crippen molar-refractivity contribution in [1.29, 1.82) is 0 Å². The number of thiocarbonyl (C=S) groups is 1. The van der Waals surface area contributed by atoms with Crippen LogP contribution in [0.5, 0.6) is 0 Å². The molecule has 1 heterocycles. The van der Waals surface area contributed by atoms with Crippen LogP contribution in [0.1, 0.15) is 20.8 Å². The minimum atomic E-state index is -0.507. The van der Waals surface area contributed by atoms with Crippen molar-refractivity contribution in [3.63, 3.8) is 0 Å². The first-order chi connectivity index (χ1) is 10.8. The number of para-hydroxylation sites is 1. The van der Waals surface area contributed by atoms with Crippen molar-refractivity contribution in [2.45, 2.75) is 20.8 Å². The van der Waals surface area contributed by atoms with Gasteiger partial charge in [0.25, 0.3) is 0 Å². The lowest BCUT2D eigenvalue weighted by molar-refractivity contribution is -0.126. The van der Waals surface area contributed by atoms with E-state index in [9.17, 15) is 4.79 Å². The molecule has 1 amide bonds. The Labute approximate surface area is 147 Å². The monoisotopic (exact) mass is 355 g/mol. The third kappa shape index (κ3) is 4.80. The highest BCUT2D eigenvalue weighted by atomic mass is 35.5. The number of ether oxygens (including phenoxy) is 1. The third-order valence-corrected chi connectivity index (χ3v) is 3.98. The Balaban J connectivity index is 2.15. The van der Waals surface area contributed by atoms with Crippen LogP contribution in [-0.2, 0) is 9.53 Å². The molecule has 1 aromatic rings. The third-order valence-electron chi connectivity index (χ3n) is 3.47. The number of hydrogen-bond donors (Lipinski definition) is 2. The van der Waals surface area contributed by atoms with Crippen LogP contribution in [0.15, 0.2) is 18.2 Å². The molecule has 5 nitrogen and oxygen atoms in total. The number of halogens is 1. The van der Waals surface area contributed by atoms with E-state index in [2.05, 4.69) is 15.5 Å². The standard InChI is InChI=1S/C16H22ClN3O2S/c1-16(2,3)14(21)19-15(23)18-12-6-4-5-11(17)13(12)20-7-9-22-10-8-20/h4-6H,7-10H2,1-3H3,(H2,18,19,21,23). The summed E-state index contributed by atoms with van der Waals surface area (Å²) in [6.45, 7) is 8.36. The molecule has 7 heteroatoms. The van der Waals surface area contributed by atoms with E-state index in [1.807, 2.05) is 39.0 Å². The highest BCUT2D eigenvalue weighted by Gasteiger charge is 2.23. The van der Waals surface area contributed by atoms with Crippen LogP contribution in [0.2, 0.25) is 5.02 Å². The van der Waals surface area contributed by atoms with Crippen LogP contribution in [0.3, 0.4) is 0 Å². The number of benzene rings is 1. The largest absolute Gasteiger partial charge is 0.378 e. The minimum absolute atomic E-state index is 0.134. The lowest BCUT2D eigenvalue weighted by Gasteiger charge is -2.31. The molecule has 1 aliphatic rings. The summed E-state index contributed by atoms with van der Waals surface area (Å²) in [4.78, 5) is 14.2. The Morgan fingerprint density at radius 1 is 1.30 bits per heavy atom. The molecule has 0 aliphatic carbocycles. The van der Waals surface area contributed by atoms with Gasteiger partial charge >= 0.3 is 0 Å². The van der Waals surface area contributed by atoms with Gasteiger partial charge in [0.15, 0.2) is 5.11 Å². The van der Waals surface area contributed by atoms with Crippen LogP contribution in [0, 0.1) is 5.41 Å². The first-order valence-electron chi connectivity index (χ1n) is 7.52. The fraction of sp³-hybridized carbons (Fsp3) is 0.500. The second-order valence-corrected chi connectivity index (χ2v) is 7.21. The highest BCUT2D eigenvalue weighted by molar-refractivity contribution is 7.80. The van der Waals surface area contributed by atoms with E-state index in [1.165, 1.54) is 0 Å². The summed E-state index contributed by atoms with van der Waals surface area (Å²) in [6.07, 6.45) is 0. The number of nitrogens with one attached hydrogen (secondary N) is 2. The second-order valence-electron chi connectivity index (χ2n) is 6.39. The maximum Gasteiger partial charge on any atom is 0.231 e. The molecule has 1 saturated heterocycles. The maximum absolute atomic E-state index is 12.0. The smallest absolute Gasteiger partial charge is 0.231 e. The number of anilines is 2. The molecule has 23 heavy (non-hydrogen) atoms. The van der Waals surface area contributed by atoms with E-state index in [0.717, 1.165) is 24.5 Å². The van der Waals surface area contributed by atoms with Crippen LogP contribution >= 0.6 is 23.8 Å². The summed E-state index contributed by atoms with van der Waals surface area (Å²) in [5, 5.41) is 6.70. The van der Waals surface area contributed by atoms with Gasteiger partial charge in [-0.25, -0.2) is 0 Å². The molecule has 2 rings (SSSR count). The van der Waals surface area contributed by atoms with E-state index in [-0.39, 0.29) is 11.0 Å². The van der Waals surface area contributed by atoms with Crippen LogP contribution < -0.4 is 15.5 Å². The number of carbonyl (C=O) groups is 1. The van der Waals surface area contributed by atoms with Gasteiger partial charge in [0.05, 0.1) is 29.6 Å². The molecule has 1 aliphatic heterocycles. The topological polar surface area (TPSA) is 53.6 Å². The van der Waals surface area contributed by atoms with Gasteiger partial charge in [-0.15, -0.1) is 0 Å². The second kappa shape index (κ2) is 7.47. The molecule has 0 unspecified atom stereocenters. The zero-order chi connectivity index (χ0) is 17.0. The summed E-state index contributed by atoms with van der Waals surface area (Å²) in [7, 11) is 0. The zero-order valence-electron chi connectivity index (χ0n) is 13.6. The van der Waals surface area contributed by atoms with Crippen molar-refractivity contribution >= 4 is 46.2 Å². The van der Waals surface area contributed by atoms with Gasteiger partial charge in [0.1, 0.15) is 0 Å². The first-order valence-corrected chi connectivity index (χ1v) is 8.31. The lowest BCUT2D eigenvalue weighted by Crippen LogP contribution is -2.41. The van der Waals surface area contributed by atoms with Gasteiger partial charge in [-0.1, -0.05) is 38.4 Å². The summed E-state index contributed by atoms with van der Waals surface area (Å²) in [5.41, 5.74) is 1.15. The molecular formula is C16H22ClN3O2S. The van der Waals surface area contributed by atoms with E-state index >= 15 is 0 Å². The van der Waals surface area contributed by atoms with Crippen molar-refractivity contribution in [3.05, 3.63) is 23.2 Å². The van der Waals surface area contributed by atoms with E-state index in [0.29, 0.717) is 18.2 Å². The zero-order valence-corrected chi connectivity index (χ0v) is 15.2. The van der Waals surface area contributed by atoms with Gasteiger partial charge in [0.2, 0.25) is 5.91 Å². The number of nitrogens with zero attached hydrogens (tertiary/aromatic N) is 1. The SMILES string of the molecule is CC(C)(C)C(=O)NC(=S)Nc1cccc(Cl)c1N1CCOCC1. The predicted octanol–water partition coefficient (Wildman–Crippen LogP) is 3.04. The predicted molar refractivity (Wildman–Crippen MR) is 98.3 cm³/mol. The number of hydrogen-bond acceptors (Lipinski definition) is 4. The molecule has 0 atom stereocenters. The number of rotatable bonds is 2. The van der Waals surface area contributed by atoms with E-state index in [1.54, 1.807) is 0 Å². The Morgan fingerprint density at radius 3 is 2.57 bits per heavy atom. The minimum Gasteiger partial charge on any atom is -0.378 e. The number of amides is 1. The molecule has 2 N–H and O–H groups in total. The van der Waals surface area contributed by atoms with Gasteiger partial charge in [-0.2, -0.15) is 0 Å². The molecule has 0 radical (unpaired) electrons. The summed E-state index contributed by atoms with van der Waals surface area (Å²) >= 11 is 11.6. The first kappa shape index (κ1) is 18.0. The number of morpholine rings is 1. The lowest BCUT2D eigenvalue weighted by atomic mass is 9.96. The summed E-state index contributed by atoms with van der Waals surface area (Å²) in [6, 6.07) is 5.59. The Morgan fingerprint density at radius 2 is 1.96 bits per heavy atom. The van der Waals surface area contributed by atoms with E-state index < -0.39 is 5.41 Å². The number of carbonyl (C=O) groups excluding carboxylic acids is 1. The Bertz CT molecular complexity index is 595. The van der Waals surface area contributed by atoms with Crippen molar-refractivity contribution in [3.8, 4) is 0 Å². The molecule has 0 spiro atoms. The molecule has 0 aromatic heterocycles. The Hall–Kier alpha value is -1.37. The van der Waals surface area contributed by atoms with Crippen LogP contribution in [0.4, 0.5) is 11.4 Å². The average molecular weight is 356 g/mol. The van der Waals surface area contributed by atoms with Gasteiger partial charge in [0, 0.05) is 18.5 Å². The van der Waals surface area contributed by atoms with Crippen molar-refractivity contribution in [2.75, 3.05) is 36.5 Å². The van der Waals surface area contributed by atoms with Gasteiger partial charge in [-0.3, -0.25) is 4.79 Å². The molecule has 0 bridgehead atoms. The normalized spacial score (nSPS) is 15.2. The van der Waals surface area contributed by atoms with Crippen LogP contribution in [0.25, 0.3) is 0 Å². The summed E-state index contributed by atoms with van der Waals surface area (Å²) in [5.74, 6) is -0.134. The molecule has 0 saturated carbocycles. The van der Waals surface area contributed by atoms with Crippen molar-refractivity contribution < 1.29 is 9.53 Å². The fourth-order valence-electron chi connectivity index (χ4n) is 2.17. The van der Waals surface area contributed by atoms with Crippen LogP contribution in [-0.4, -0.2) is 37.3 Å². The van der Waals surface area contributed by atoms with E-state index in [4.69, 9.17) is 28.6 Å². The summed E-state index contributed by atoms with van der Waals surface area (Å²) < 4.78 is 5.38. The average Bonchev–Trinajstić information content (AvgIpc) is 2.47. The molecule has 1 fully saturated rings. The van der Waals surface area contributed by atoms with Crippen molar-refractivity contribution in [1.82, 2.24) is 5.32 Å². The maximum atomic E-state index is 12.0. The molecular weight excluding hydrogens is 334 g/mol. The van der Waals surface area contributed by atoms with Crippen molar-refractivity contribution in [2.24, 2.45) is 5.41 Å². The quantitative estimate of drug-likeness (QED) is 0.799. The molecule has 126 valence electrons. The highest BCUT2D eigenvalue weighted by Crippen LogP contribution is 2.34. The Kier molecular flexibility index (Phi) is 5.84. The fourth-order valence-corrected chi connectivity index (χ4v) is 2.67.